The van der Waals surface area contributed by atoms with E-state index in [1.807, 2.05) is 29.2 Å². The van der Waals surface area contributed by atoms with Crippen molar-refractivity contribution in [1.82, 2.24) is 14.8 Å². The number of aromatic nitrogens is 1. The Kier molecular flexibility index (Phi) is 5.72. The van der Waals surface area contributed by atoms with Gasteiger partial charge in [0.15, 0.2) is 0 Å². The Labute approximate surface area is 156 Å². The minimum absolute atomic E-state index is 0.0582. The Morgan fingerprint density at radius 3 is 2.46 bits per heavy atom. The molecule has 0 atom stereocenters. The van der Waals surface area contributed by atoms with E-state index in [0.717, 1.165) is 37.6 Å². The summed E-state index contributed by atoms with van der Waals surface area (Å²) in [7, 11) is 0. The summed E-state index contributed by atoms with van der Waals surface area (Å²) < 4.78 is 0. The Hall–Kier alpha value is -1.20. The van der Waals surface area contributed by atoms with Crippen molar-refractivity contribution in [2.75, 3.05) is 26.2 Å². The third-order valence-corrected chi connectivity index (χ3v) is 5.10. The molecule has 0 spiro atoms. The number of aromatic amines is 1. The third kappa shape index (κ3) is 4.25. The molecule has 2 heterocycles. The number of amides is 1. The predicted octanol–water partition coefficient (Wildman–Crippen LogP) is 4.32. The SMILES string of the molecule is O=C(c1cc(Cl)c(Cl)[nH]1)N1CCCN(Cc2ccc(Cl)cc2)CC1. The molecule has 0 unspecified atom stereocenters. The second-order valence-corrected chi connectivity index (χ2v) is 7.11. The van der Waals surface area contributed by atoms with Crippen LogP contribution in [0.1, 0.15) is 22.5 Å². The molecule has 1 fully saturated rings. The molecule has 24 heavy (non-hydrogen) atoms. The lowest BCUT2D eigenvalue weighted by molar-refractivity contribution is 0.0756. The van der Waals surface area contributed by atoms with Crippen molar-refractivity contribution in [1.29, 1.82) is 0 Å². The molecule has 0 saturated carbocycles. The number of rotatable bonds is 3. The van der Waals surface area contributed by atoms with Gasteiger partial charge in [0.25, 0.3) is 5.91 Å². The van der Waals surface area contributed by atoms with Crippen molar-refractivity contribution in [3.63, 3.8) is 0 Å². The van der Waals surface area contributed by atoms with E-state index < -0.39 is 0 Å². The van der Waals surface area contributed by atoms with Crippen LogP contribution in [0.5, 0.6) is 0 Å². The first-order valence-corrected chi connectivity index (χ1v) is 8.96. The number of nitrogens with zero attached hydrogens (tertiary/aromatic N) is 2. The number of halogens is 3. The van der Waals surface area contributed by atoms with Crippen LogP contribution in [0, 0.1) is 0 Å². The Morgan fingerprint density at radius 1 is 1.04 bits per heavy atom. The van der Waals surface area contributed by atoms with E-state index in [1.165, 1.54) is 5.56 Å². The molecular weight excluding hydrogens is 369 g/mol. The Bertz CT molecular complexity index is 695. The molecule has 0 bridgehead atoms. The van der Waals surface area contributed by atoms with Crippen molar-refractivity contribution in [3.05, 3.63) is 56.8 Å². The number of nitrogens with one attached hydrogen (secondary N) is 1. The molecule has 1 N–H and O–H groups in total. The minimum atomic E-state index is -0.0582. The molecule has 3 rings (SSSR count). The first-order valence-electron chi connectivity index (χ1n) is 7.83. The number of benzene rings is 1. The van der Waals surface area contributed by atoms with Crippen LogP contribution < -0.4 is 0 Å². The predicted molar refractivity (Wildman–Crippen MR) is 98.1 cm³/mol. The highest BCUT2D eigenvalue weighted by atomic mass is 35.5. The van der Waals surface area contributed by atoms with Gasteiger partial charge in [-0.05, 0) is 30.2 Å². The second kappa shape index (κ2) is 7.79. The van der Waals surface area contributed by atoms with Crippen LogP contribution in [-0.4, -0.2) is 46.9 Å². The average Bonchev–Trinajstić information content (AvgIpc) is 2.77. The highest BCUT2D eigenvalue weighted by Gasteiger charge is 2.22. The summed E-state index contributed by atoms with van der Waals surface area (Å²) in [5, 5.41) is 1.42. The van der Waals surface area contributed by atoms with Gasteiger partial charge >= 0.3 is 0 Å². The van der Waals surface area contributed by atoms with E-state index >= 15 is 0 Å². The van der Waals surface area contributed by atoms with Crippen LogP contribution >= 0.6 is 34.8 Å². The van der Waals surface area contributed by atoms with Gasteiger partial charge in [-0.25, -0.2) is 0 Å². The standard InChI is InChI=1S/C17H18Cl3N3O/c18-13-4-2-12(3-5-13)11-22-6-1-7-23(9-8-22)17(24)15-10-14(19)16(20)21-15/h2-5,10,21H,1,6-9,11H2. The van der Waals surface area contributed by atoms with Gasteiger partial charge in [0.1, 0.15) is 10.8 Å². The lowest BCUT2D eigenvalue weighted by Gasteiger charge is -2.21. The van der Waals surface area contributed by atoms with Crippen LogP contribution in [0.15, 0.2) is 30.3 Å². The Morgan fingerprint density at radius 2 is 1.79 bits per heavy atom. The van der Waals surface area contributed by atoms with Crippen LogP contribution in [0.25, 0.3) is 0 Å². The maximum Gasteiger partial charge on any atom is 0.270 e. The molecule has 1 amide bonds. The Balaban J connectivity index is 1.60. The van der Waals surface area contributed by atoms with E-state index in [0.29, 0.717) is 22.4 Å². The number of carbonyl (C=O) groups is 1. The molecule has 4 nitrogen and oxygen atoms in total. The van der Waals surface area contributed by atoms with Crippen molar-refractivity contribution in [2.24, 2.45) is 0 Å². The number of hydrogen-bond acceptors (Lipinski definition) is 2. The van der Waals surface area contributed by atoms with Gasteiger partial charge in [-0.15, -0.1) is 0 Å². The van der Waals surface area contributed by atoms with E-state index in [4.69, 9.17) is 34.8 Å². The maximum atomic E-state index is 12.6. The average molecular weight is 387 g/mol. The van der Waals surface area contributed by atoms with Crippen molar-refractivity contribution in [2.45, 2.75) is 13.0 Å². The van der Waals surface area contributed by atoms with E-state index in [2.05, 4.69) is 9.88 Å². The molecule has 1 saturated heterocycles. The second-order valence-electron chi connectivity index (χ2n) is 5.89. The number of hydrogen-bond donors (Lipinski definition) is 1. The van der Waals surface area contributed by atoms with Crippen LogP contribution in [-0.2, 0) is 6.54 Å². The molecule has 2 aromatic rings. The quantitative estimate of drug-likeness (QED) is 0.853. The molecule has 7 heteroatoms. The molecule has 128 valence electrons. The fourth-order valence-corrected chi connectivity index (χ4v) is 3.31. The van der Waals surface area contributed by atoms with Gasteiger partial charge in [0, 0.05) is 37.7 Å². The maximum absolute atomic E-state index is 12.6. The number of carbonyl (C=O) groups excluding carboxylic acids is 1. The smallest absolute Gasteiger partial charge is 0.270 e. The topological polar surface area (TPSA) is 39.3 Å². The highest BCUT2D eigenvalue weighted by molar-refractivity contribution is 6.41. The van der Waals surface area contributed by atoms with Gasteiger partial charge in [-0.3, -0.25) is 9.69 Å². The number of H-pyrrole nitrogens is 1. The monoisotopic (exact) mass is 385 g/mol. The van der Waals surface area contributed by atoms with Gasteiger partial charge in [-0.1, -0.05) is 46.9 Å². The summed E-state index contributed by atoms with van der Waals surface area (Å²) >= 11 is 17.7. The highest BCUT2D eigenvalue weighted by Crippen LogP contribution is 2.23. The molecule has 1 aromatic carbocycles. The largest absolute Gasteiger partial charge is 0.340 e. The van der Waals surface area contributed by atoms with E-state index in [9.17, 15) is 4.79 Å². The molecular formula is C17H18Cl3N3O. The normalized spacial score (nSPS) is 16.2. The summed E-state index contributed by atoms with van der Waals surface area (Å²) in [6, 6.07) is 9.48. The third-order valence-electron chi connectivity index (χ3n) is 4.15. The summed E-state index contributed by atoms with van der Waals surface area (Å²) in [4.78, 5) is 19.6. The van der Waals surface area contributed by atoms with E-state index in [1.54, 1.807) is 6.07 Å². The lowest BCUT2D eigenvalue weighted by Crippen LogP contribution is -2.35. The van der Waals surface area contributed by atoms with Crippen LogP contribution in [0.2, 0.25) is 15.2 Å². The summed E-state index contributed by atoms with van der Waals surface area (Å²) in [5.41, 5.74) is 1.67. The summed E-state index contributed by atoms with van der Waals surface area (Å²) in [6.45, 7) is 4.05. The lowest BCUT2D eigenvalue weighted by atomic mass is 10.2. The zero-order valence-corrected chi connectivity index (χ0v) is 15.3. The minimum Gasteiger partial charge on any atom is -0.340 e. The fourth-order valence-electron chi connectivity index (χ4n) is 2.87. The molecule has 1 aliphatic rings. The molecule has 1 aromatic heterocycles. The van der Waals surface area contributed by atoms with Crippen molar-refractivity contribution in [3.8, 4) is 0 Å². The molecule has 0 aliphatic carbocycles. The van der Waals surface area contributed by atoms with Crippen LogP contribution in [0.3, 0.4) is 0 Å². The first-order chi connectivity index (χ1) is 11.5. The van der Waals surface area contributed by atoms with Gasteiger partial charge in [-0.2, -0.15) is 0 Å². The van der Waals surface area contributed by atoms with Gasteiger partial charge in [0.2, 0.25) is 0 Å². The zero-order valence-electron chi connectivity index (χ0n) is 13.1. The first kappa shape index (κ1) is 17.6. The van der Waals surface area contributed by atoms with E-state index in [-0.39, 0.29) is 5.91 Å². The molecule has 1 aliphatic heterocycles. The van der Waals surface area contributed by atoms with Crippen molar-refractivity contribution < 1.29 is 4.79 Å². The zero-order chi connectivity index (χ0) is 17.1. The van der Waals surface area contributed by atoms with Gasteiger partial charge in [0.05, 0.1) is 5.02 Å². The summed E-state index contributed by atoms with van der Waals surface area (Å²) in [6.07, 6.45) is 0.932. The van der Waals surface area contributed by atoms with Gasteiger partial charge < -0.3 is 9.88 Å². The van der Waals surface area contributed by atoms with Crippen LogP contribution in [0.4, 0.5) is 0 Å². The molecule has 0 radical (unpaired) electrons. The van der Waals surface area contributed by atoms with Crippen molar-refractivity contribution >= 4 is 40.7 Å². The summed E-state index contributed by atoms with van der Waals surface area (Å²) in [5.74, 6) is -0.0582. The fraction of sp³-hybridized carbons (Fsp3) is 0.353.